The number of ether oxygens (including phenoxy) is 1. The molecule has 0 aromatic carbocycles. The fourth-order valence-electron chi connectivity index (χ4n) is 1.45. The van der Waals surface area contributed by atoms with Gasteiger partial charge in [0.25, 0.3) is 0 Å². The second kappa shape index (κ2) is 6.98. The zero-order chi connectivity index (χ0) is 10.2. The summed E-state index contributed by atoms with van der Waals surface area (Å²) in [4.78, 5) is 0. The van der Waals surface area contributed by atoms with Crippen molar-refractivity contribution in [3.05, 3.63) is 22.4 Å². The molecule has 0 saturated carbocycles. The molecule has 0 amide bonds. The van der Waals surface area contributed by atoms with Crippen molar-refractivity contribution in [2.24, 2.45) is 0 Å². The molecule has 1 aromatic heterocycles. The second-order valence-corrected chi connectivity index (χ2v) is 4.23. The van der Waals surface area contributed by atoms with Crippen LogP contribution in [0.3, 0.4) is 0 Å². The standard InChI is InChI=1S/C11H19NOS/c1-3-4-11(8-13-2)12-7-10-5-6-14-9-10/h5-6,9,11-12H,3-4,7-8H2,1-2H3. The second-order valence-electron chi connectivity index (χ2n) is 3.45. The van der Waals surface area contributed by atoms with Crippen molar-refractivity contribution in [2.75, 3.05) is 13.7 Å². The van der Waals surface area contributed by atoms with Gasteiger partial charge in [-0.2, -0.15) is 11.3 Å². The molecule has 80 valence electrons. The van der Waals surface area contributed by atoms with E-state index in [0.29, 0.717) is 6.04 Å². The van der Waals surface area contributed by atoms with Gasteiger partial charge in [-0.1, -0.05) is 13.3 Å². The lowest BCUT2D eigenvalue weighted by Crippen LogP contribution is -2.32. The normalized spacial score (nSPS) is 13.0. The predicted octanol–water partition coefficient (Wildman–Crippen LogP) is 2.65. The Bertz CT molecular complexity index is 217. The third-order valence-electron chi connectivity index (χ3n) is 2.18. The van der Waals surface area contributed by atoms with Gasteiger partial charge in [0.15, 0.2) is 0 Å². The summed E-state index contributed by atoms with van der Waals surface area (Å²) < 4.78 is 5.17. The first-order chi connectivity index (χ1) is 6.86. The van der Waals surface area contributed by atoms with Gasteiger partial charge < -0.3 is 10.1 Å². The third kappa shape index (κ3) is 4.22. The molecule has 0 aliphatic carbocycles. The van der Waals surface area contributed by atoms with Crippen LogP contribution in [0.25, 0.3) is 0 Å². The van der Waals surface area contributed by atoms with Gasteiger partial charge >= 0.3 is 0 Å². The maximum absolute atomic E-state index is 5.17. The largest absolute Gasteiger partial charge is 0.383 e. The zero-order valence-electron chi connectivity index (χ0n) is 8.95. The fraction of sp³-hybridized carbons (Fsp3) is 0.636. The number of thiophene rings is 1. The van der Waals surface area contributed by atoms with Crippen molar-refractivity contribution in [1.82, 2.24) is 5.32 Å². The lowest BCUT2D eigenvalue weighted by atomic mass is 10.2. The molecule has 0 aliphatic rings. The van der Waals surface area contributed by atoms with Crippen LogP contribution >= 0.6 is 11.3 Å². The van der Waals surface area contributed by atoms with Crippen molar-refractivity contribution < 1.29 is 4.74 Å². The van der Waals surface area contributed by atoms with Crippen LogP contribution in [0.5, 0.6) is 0 Å². The minimum absolute atomic E-state index is 0.491. The van der Waals surface area contributed by atoms with Crippen molar-refractivity contribution in [1.29, 1.82) is 0 Å². The first-order valence-electron chi connectivity index (χ1n) is 5.10. The molecule has 0 spiro atoms. The molecule has 0 bridgehead atoms. The van der Waals surface area contributed by atoms with Crippen LogP contribution in [0.15, 0.2) is 16.8 Å². The van der Waals surface area contributed by atoms with E-state index in [9.17, 15) is 0 Å². The van der Waals surface area contributed by atoms with Crippen molar-refractivity contribution in [3.8, 4) is 0 Å². The van der Waals surface area contributed by atoms with Gasteiger partial charge in [0.2, 0.25) is 0 Å². The molecule has 1 atom stereocenters. The van der Waals surface area contributed by atoms with Gasteiger partial charge in [-0.05, 0) is 28.8 Å². The van der Waals surface area contributed by atoms with Gasteiger partial charge in [-0.25, -0.2) is 0 Å². The molecule has 1 unspecified atom stereocenters. The number of methoxy groups -OCH3 is 1. The van der Waals surface area contributed by atoms with E-state index >= 15 is 0 Å². The minimum atomic E-state index is 0.491. The monoisotopic (exact) mass is 213 g/mol. The molecule has 0 saturated heterocycles. The van der Waals surface area contributed by atoms with Gasteiger partial charge in [-0.3, -0.25) is 0 Å². The number of hydrogen-bond acceptors (Lipinski definition) is 3. The van der Waals surface area contributed by atoms with Crippen LogP contribution in [0.2, 0.25) is 0 Å². The lowest BCUT2D eigenvalue weighted by molar-refractivity contribution is 0.161. The van der Waals surface area contributed by atoms with Gasteiger partial charge in [-0.15, -0.1) is 0 Å². The summed E-state index contributed by atoms with van der Waals surface area (Å²) in [6, 6.07) is 2.65. The highest BCUT2D eigenvalue weighted by Gasteiger charge is 2.05. The average Bonchev–Trinajstić information content (AvgIpc) is 2.67. The molecular formula is C11H19NOS. The quantitative estimate of drug-likeness (QED) is 0.752. The molecule has 1 aromatic rings. The summed E-state index contributed by atoms with van der Waals surface area (Å²) in [6.45, 7) is 3.96. The maximum Gasteiger partial charge on any atom is 0.0615 e. The Labute approximate surface area is 90.3 Å². The zero-order valence-corrected chi connectivity index (χ0v) is 9.77. The fourth-order valence-corrected chi connectivity index (χ4v) is 2.12. The molecule has 1 N–H and O–H groups in total. The Morgan fingerprint density at radius 1 is 1.57 bits per heavy atom. The van der Waals surface area contributed by atoms with E-state index in [4.69, 9.17) is 4.74 Å². The SMILES string of the molecule is CCCC(COC)NCc1ccsc1. The summed E-state index contributed by atoms with van der Waals surface area (Å²) >= 11 is 1.75. The van der Waals surface area contributed by atoms with Crippen LogP contribution in [-0.4, -0.2) is 19.8 Å². The van der Waals surface area contributed by atoms with Gasteiger partial charge in [0, 0.05) is 19.7 Å². The van der Waals surface area contributed by atoms with E-state index in [1.807, 2.05) is 0 Å². The highest BCUT2D eigenvalue weighted by molar-refractivity contribution is 7.07. The number of nitrogens with one attached hydrogen (secondary N) is 1. The van der Waals surface area contributed by atoms with Crippen molar-refractivity contribution in [2.45, 2.75) is 32.4 Å². The molecule has 14 heavy (non-hydrogen) atoms. The van der Waals surface area contributed by atoms with E-state index in [0.717, 1.165) is 13.2 Å². The maximum atomic E-state index is 5.17. The average molecular weight is 213 g/mol. The third-order valence-corrected chi connectivity index (χ3v) is 2.91. The smallest absolute Gasteiger partial charge is 0.0615 e. The summed E-state index contributed by atoms with van der Waals surface area (Å²) in [7, 11) is 1.76. The van der Waals surface area contributed by atoms with Crippen LogP contribution in [0.4, 0.5) is 0 Å². The van der Waals surface area contributed by atoms with Crippen LogP contribution in [-0.2, 0) is 11.3 Å². The molecule has 1 heterocycles. The van der Waals surface area contributed by atoms with Crippen molar-refractivity contribution in [3.63, 3.8) is 0 Å². The van der Waals surface area contributed by atoms with Gasteiger partial charge in [0.1, 0.15) is 0 Å². The summed E-state index contributed by atoms with van der Waals surface area (Å²) in [6.07, 6.45) is 2.38. The van der Waals surface area contributed by atoms with Crippen molar-refractivity contribution >= 4 is 11.3 Å². The first kappa shape index (κ1) is 11.7. The number of rotatable bonds is 7. The van der Waals surface area contributed by atoms with Gasteiger partial charge in [0.05, 0.1) is 6.61 Å². The molecular weight excluding hydrogens is 194 g/mol. The molecule has 3 heteroatoms. The van der Waals surface area contributed by atoms with E-state index in [2.05, 4.69) is 29.1 Å². The lowest BCUT2D eigenvalue weighted by Gasteiger charge is -2.16. The topological polar surface area (TPSA) is 21.3 Å². The summed E-state index contributed by atoms with van der Waals surface area (Å²) in [5, 5.41) is 7.80. The minimum Gasteiger partial charge on any atom is -0.383 e. The predicted molar refractivity (Wildman–Crippen MR) is 61.7 cm³/mol. The molecule has 1 rings (SSSR count). The number of hydrogen-bond donors (Lipinski definition) is 1. The Morgan fingerprint density at radius 3 is 3.00 bits per heavy atom. The Kier molecular flexibility index (Phi) is 5.83. The Balaban J connectivity index is 2.25. The van der Waals surface area contributed by atoms with Crippen LogP contribution in [0, 0.1) is 0 Å². The highest BCUT2D eigenvalue weighted by Crippen LogP contribution is 2.06. The summed E-state index contributed by atoms with van der Waals surface area (Å²) in [5.41, 5.74) is 1.37. The van der Waals surface area contributed by atoms with Crippen LogP contribution in [0.1, 0.15) is 25.3 Å². The molecule has 0 radical (unpaired) electrons. The first-order valence-corrected chi connectivity index (χ1v) is 6.04. The molecule has 2 nitrogen and oxygen atoms in total. The highest BCUT2D eigenvalue weighted by atomic mass is 32.1. The Morgan fingerprint density at radius 2 is 2.43 bits per heavy atom. The van der Waals surface area contributed by atoms with Crippen LogP contribution < -0.4 is 5.32 Å². The van der Waals surface area contributed by atoms with E-state index in [1.165, 1.54) is 18.4 Å². The molecule has 0 fully saturated rings. The molecule has 0 aliphatic heterocycles. The van der Waals surface area contributed by atoms with E-state index in [-0.39, 0.29) is 0 Å². The van der Waals surface area contributed by atoms with E-state index < -0.39 is 0 Å². The van der Waals surface area contributed by atoms with E-state index in [1.54, 1.807) is 18.4 Å². The Hall–Kier alpha value is -0.380. The summed E-state index contributed by atoms with van der Waals surface area (Å²) in [5.74, 6) is 0.